The number of ether oxygens (including phenoxy) is 1. The molecule has 0 aliphatic carbocycles. The van der Waals surface area contributed by atoms with Gasteiger partial charge in [0.1, 0.15) is 0 Å². The first kappa shape index (κ1) is 14.1. The second-order valence-corrected chi connectivity index (χ2v) is 4.54. The zero-order valence-corrected chi connectivity index (χ0v) is 10.9. The Morgan fingerprint density at radius 2 is 2.06 bits per heavy atom. The van der Waals surface area contributed by atoms with Gasteiger partial charge in [0.25, 0.3) is 0 Å². The van der Waals surface area contributed by atoms with Gasteiger partial charge in [0.15, 0.2) is 5.67 Å². The maximum Gasteiger partial charge on any atom is 0.159 e. The number of alkyl halides is 1. The Labute approximate surface area is 103 Å². The summed E-state index contributed by atoms with van der Waals surface area (Å²) in [4.78, 5) is 0. The van der Waals surface area contributed by atoms with Crippen LogP contribution in [0.3, 0.4) is 0 Å². The van der Waals surface area contributed by atoms with Crippen molar-refractivity contribution in [1.82, 2.24) is 0 Å². The summed E-state index contributed by atoms with van der Waals surface area (Å²) in [5.74, 6) is 0. The molecule has 1 unspecified atom stereocenters. The Bertz CT molecular complexity index is 367. The van der Waals surface area contributed by atoms with E-state index in [0.29, 0.717) is 19.4 Å². The van der Waals surface area contributed by atoms with Gasteiger partial charge in [-0.2, -0.15) is 0 Å². The first-order chi connectivity index (χ1) is 8.05. The van der Waals surface area contributed by atoms with Crippen molar-refractivity contribution >= 4 is 0 Å². The molecular formula is C14H22FNO. The number of aryl methyl sites for hydroxylation is 1. The Morgan fingerprint density at radius 3 is 2.65 bits per heavy atom. The van der Waals surface area contributed by atoms with Crippen LogP contribution < -0.4 is 5.73 Å². The van der Waals surface area contributed by atoms with Crippen molar-refractivity contribution in [3.05, 3.63) is 34.9 Å². The molecule has 0 heterocycles. The summed E-state index contributed by atoms with van der Waals surface area (Å²) in [6.07, 6.45) is 1.06. The first-order valence-electron chi connectivity index (χ1n) is 6.00. The van der Waals surface area contributed by atoms with Crippen LogP contribution in [0.15, 0.2) is 18.2 Å². The number of halogens is 1. The van der Waals surface area contributed by atoms with E-state index in [2.05, 4.69) is 0 Å². The normalized spacial score (nSPS) is 14.6. The second-order valence-electron chi connectivity index (χ2n) is 4.54. The van der Waals surface area contributed by atoms with E-state index in [-0.39, 0.29) is 6.61 Å². The summed E-state index contributed by atoms with van der Waals surface area (Å²) in [7, 11) is 1.53. The van der Waals surface area contributed by atoms with Crippen LogP contribution in [0.4, 0.5) is 4.39 Å². The number of hydrogen-bond donors (Lipinski definition) is 1. The Kier molecular flexibility index (Phi) is 5.09. The van der Waals surface area contributed by atoms with Gasteiger partial charge in [0.05, 0.1) is 6.61 Å². The van der Waals surface area contributed by atoms with E-state index < -0.39 is 5.67 Å². The minimum Gasteiger partial charge on any atom is -0.381 e. The van der Waals surface area contributed by atoms with Gasteiger partial charge in [-0.3, -0.25) is 0 Å². The minimum absolute atomic E-state index is 0.0806. The molecule has 0 spiro atoms. The van der Waals surface area contributed by atoms with E-state index >= 15 is 0 Å². The number of nitrogens with two attached hydrogens (primary N) is 1. The molecule has 0 saturated heterocycles. The average molecular weight is 239 g/mol. The van der Waals surface area contributed by atoms with Crippen LogP contribution in [0.25, 0.3) is 0 Å². The maximum absolute atomic E-state index is 15.0. The van der Waals surface area contributed by atoms with Crippen LogP contribution in [-0.2, 0) is 10.4 Å². The fourth-order valence-corrected chi connectivity index (χ4v) is 2.13. The van der Waals surface area contributed by atoms with Gasteiger partial charge in [-0.15, -0.1) is 0 Å². The Hall–Kier alpha value is -0.930. The molecule has 0 aliphatic rings. The van der Waals surface area contributed by atoms with Gasteiger partial charge < -0.3 is 10.5 Å². The Morgan fingerprint density at radius 1 is 1.35 bits per heavy atom. The lowest BCUT2D eigenvalue weighted by molar-refractivity contribution is 0.0299. The monoisotopic (exact) mass is 239 g/mol. The van der Waals surface area contributed by atoms with E-state index in [9.17, 15) is 4.39 Å². The van der Waals surface area contributed by atoms with Crippen molar-refractivity contribution in [3.8, 4) is 0 Å². The molecule has 1 rings (SSSR count). The SMILES string of the molecule is COCC(F)(CCCN)c1cccc(C)c1C. The third-order valence-corrected chi connectivity index (χ3v) is 3.24. The zero-order chi connectivity index (χ0) is 12.9. The molecule has 0 bridgehead atoms. The second kappa shape index (κ2) is 6.12. The van der Waals surface area contributed by atoms with Crippen molar-refractivity contribution < 1.29 is 9.13 Å². The van der Waals surface area contributed by atoms with Crippen molar-refractivity contribution in [2.24, 2.45) is 5.73 Å². The number of hydrogen-bond acceptors (Lipinski definition) is 2. The zero-order valence-electron chi connectivity index (χ0n) is 10.9. The summed E-state index contributed by atoms with van der Waals surface area (Å²) in [6.45, 7) is 4.53. The first-order valence-corrected chi connectivity index (χ1v) is 6.00. The summed E-state index contributed by atoms with van der Waals surface area (Å²) < 4.78 is 20.0. The molecule has 0 amide bonds. The molecule has 96 valence electrons. The standard InChI is InChI=1S/C14H22FNO/c1-11-6-4-7-13(12(11)2)14(15,10-17-3)8-5-9-16/h4,6-7H,5,8-10,16H2,1-3H3. The molecule has 0 aliphatic heterocycles. The lowest BCUT2D eigenvalue weighted by Crippen LogP contribution is -2.28. The molecule has 0 aromatic heterocycles. The van der Waals surface area contributed by atoms with Crippen LogP contribution >= 0.6 is 0 Å². The van der Waals surface area contributed by atoms with Crippen LogP contribution in [0.1, 0.15) is 29.5 Å². The number of benzene rings is 1. The fraction of sp³-hybridized carbons (Fsp3) is 0.571. The van der Waals surface area contributed by atoms with E-state index in [0.717, 1.165) is 16.7 Å². The highest BCUT2D eigenvalue weighted by molar-refractivity contribution is 5.37. The van der Waals surface area contributed by atoms with E-state index in [1.165, 1.54) is 7.11 Å². The molecule has 0 radical (unpaired) electrons. The maximum atomic E-state index is 15.0. The van der Waals surface area contributed by atoms with Gasteiger partial charge in [-0.05, 0) is 49.9 Å². The third-order valence-electron chi connectivity index (χ3n) is 3.24. The lowest BCUT2D eigenvalue weighted by atomic mass is 9.87. The molecule has 0 fully saturated rings. The molecule has 1 aromatic rings. The average Bonchev–Trinajstić information content (AvgIpc) is 2.30. The van der Waals surface area contributed by atoms with Crippen LogP contribution in [0.5, 0.6) is 0 Å². The lowest BCUT2D eigenvalue weighted by Gasteiger charge is -2.27. The highest BCUT2D eigenvalue weighted by Gasteiger charge is 2.33. The van der Waals surface area contributed by atoms with Crippen molar-refractivity contribution in [2.75, 3.05) is 20.3 Å². The van der Waals surface area contributed by atoms with Gasteiger partial charge in [-0.25, -0.2) is 4.39 Å². The van der Waals surface area contributed by atoms with Gasteiger partial charge >= 0.3 is 0 Å². The smallest absolute Gasteiger partial charge is 0.159 e. The summed E-state index contributed by atoms with van der Waals surface area (Å²) >= 11 is 0. The molecule has 1 atom stereocenters. The topological polar surface area (TPSA) is 35.2 Å². The van der Waals surface area contributed by atoms with Gasteiger partial charge in [0, 0.05) is 7.11 Å². The number of methoxy groups -OCH3 is 1. The van der Waals surface area contributed by atoms with Crippen molar-refractivity contribution in [1.29, 1.82) is 0 Å². The predicted molar refractivity (Wildman–Crippen MR) is 68.9 cm³/mol. The van der Waals surface area contributed by atoms with E-state index in [1.807, 2.05) is 32.0 Å². The molecular weight excluding hydrogens is 217 g/mol. The molecule has 0 saturated carbocycles. The minimum atomic E-state index is -1.43. The third kappa shape index (κ3) is 3.27. The van der Waals surface area contributed by atoms with E-state index in [1.54, 1.807) is 0 Å². The largest absolute Gasteiger partial charge is 0.381 e. The molecule has 2 N–H and O–H groups in total. The molecule has 17 heavy (non-hydrogen) atoms. The fourth-order valence-electron chi connectivity index (χ4n) is 2.13. The summed E-state index contributed by atoms with van der Waals surface area (Å²) in [5.41, 5.74) is 6.88. The van der Waals surface area contributed by atoms with Gasteiger partial charge in [0.2, 0.25) is 0 Å². The highest BCUT2D eigenvalue weighted by atomic mass is 19.1. The van der Waals surface area contributed by atoms with Crippen molar-refractivity contribution in [2.45, 2.75) is 32.4 Å². The van der Waals surface area contributed by atoms with Crippen LogP contribution in [0, 0.1) is 13.8 Å². The Balaban J connectivity index is 3.08. The van der Waals surface area contributed by atoms with Gasteiger partial charge in [-0.1, -0.05) is 18.2 Å². The molecule has 3 heteroatoms. The molecule has 1 aromatic carbocycles. The quantitative estimate of drug-likeness (QED) is 0.828. The van der Waals surface area contributed by atoms with Crippen LogP contribution in [-0.4, -0.2) is 20.3 Å². The van der Waals surface area contributed by atoms with Crippen LogP contribution in [0.2, 0.25) is 0 Å². The number of rotatable bonds is 6. The van der Waals surface area contributed by atoms with Crippen molar-refractivity contribution in [3.63, 3.8) is 0 Å². The molecule has 2 nitrogen and oxygen atoms in total. The predicted octanol–water partition coefficient (Wildman–Crippen LogP) is 2.85. The summed E-state index contributed by atoms with van der Waals surface area (Å²) in [6, 6.07) is 5.73. The highest BCUT2D eigenvalue weighted by Crippen LogP contribution is 2.34. The summed E-state index contributed by atoms with van der Waals surface area (Å²) in [5, 5.41) is 0. The van der Waals surface area contributed by atoms with E-state index in [4.69, 9.17) is 10.5 Å².